The average Bonchev–Trinajstić information content (AvgIpc) is 3.10. The maximum absolute atomic E-state index is 13.4. The van der Waals surface area contributed by atoms with Crippen LogP contribution in [0.3, 0.4) is 0 Å². The molecule has 2 bridgehead atoms. The Kier molecular flexibility index (Phi) is 5.19. The van der Waals surface area contributed by atoms with E-state index in [1.807, 2.05) is 6.92 Å². The first-order valence-corrected chi connectivity index (χ1v) is 10.0. The van der Waals surface area contributed by atoms with Crippen molar-refractivity contribution >= 4 is 20.3 Å². The summed E-state index contributed by atoms with van der Waals surface area (Å²) in [4.78, 5) is 26.1. The Morgan fingerprint density at radius 3 is 2.50 bits per heavy atom. The Labute approximate surface area is 148 Å². The second kappa shape index (κ2) is 6.89. The van der Waals surface area contributed by atoms with Crippen LogP contribution in [0.4, 0.5) is 0 Å². The SMILES string of the molecule is CCC(=O)C1C(=O)C2C3C=CC(C3C#P)C2CC1C(CC)C(C)C. The molecule has 3 aliphatic rings. The third kappa shape index (κ3) is 2.58. The molecule has 130 valence electrons. The van der Waals surface area contributed by atoms with E-state index in [4.69, 9.17) is 0 Å². The summed E-state index contributed by atoms with van der Waals surface area (Å²) in [6, 6.07) is 0. The van der Waals surface area contributed by atoms with Crippen LogP contribution in [0.15, 0.2) is 12.2 Å². The van der Waals surface area contributed by atoms with Gasteiger partial charge in [-0.3, -0.25) is 0 Å². The molecular formula is C21H29O2P. The van der Waals surface area contributed by atoms with Crippen molar-refractivity contribution in [1.29, 1.82) is 0 Å². The van der Waals surface area contributed by atoms with Crippen LogP contribution in [0.5, 0.6) is 0 Å². The molecule has 0 amide bonds. The molecule has 0 spiro atoms. The molecule has 3 aliphatic carbocycles. The number of rotatable bonds is 5. The molecule has 0 aromatic carbocycles. The number of carbonyl (C=O) groups excluding carboxylic acids is 2. The van der Waals surface area contributed by atoms with Gasteiger partial charge in [-0.2, -0.15) is 0 Å². The first-order chi connectivity index (χ1) is 11.5. The first kappa shape index (κ1) is 18.1. The first-order valence-electron chi connectivity index (χ1n) is 9.60. The quantitative estimate of drug-likeness (QED) is 0.404. The second-order valence-electron chi connectivity index (χ2n) is 8.30. The van der Waals surface area contributed by atoms with Gasteiger partial charge < -0.3 is 0 Å². The van der Waals surface area contributed by atoms with Gasteiger partial charge in [0.2, 0.25) is 0 Å². The van der Waals surface area contributed by atoms with Crippen LogP contribution < -0.4 is 0 Å². The Morgan fingerprint density at radius 2 is 1.96 bits per heavy atom. The van der Waals surface area contributed by atoms with Gasteiger partial charge in [-0.15, -0.1) is 0 Å². The number of hydrogen-bond acceptors (Lipinski definition) is 2. The molecule has 2 saturated carbocycles. The van der Waals surface area contributed by atoms with Gasteiger partial charge in [-0.05, 0) is 0 Å². The molecule has 0 N–H and O–H groups in total. The zero-order chi connectivity index (χ0) is 17.6. The van der Waals surface area contributed by atoms with Gasteiger partial charge in [-0.1, -0.05) is 0 Å². The van der Waals surface area contributed by atoms with Crippen LogP contribution >= 0.6 is 8.70 Å². The predicted octanol–water partition coefficient (Wildman–Crippen LogP) is 4.89. The van der Waals surface area contributed by atoms with E-state index < -0.39 is 0 Å². The maximum atomic E-state index is 13.4. The van der Waals surface area contributed by atoms with Crippen LogP contribution in [0, 0.1) is 58.9 Å². The zero-order valence-electron chi connectivity index (χ0n) is 15.2. The molecule has 2 nitrogen and oxygen atoms in total. The van der Waals surface area contributed by atoms with Crippen LogP contribution in [0.2, 0.25) is 0 Å². The number of ketones is 2. The van der Waals surface area contributed by atoms with Gasteiger partial charge in [0, 0.05) is 0 Å². The van der Waals surface area contributed by atoms with Crippen molar-refractivity contribution in [3.05, 3.63) is 12.2 Å². The van der Waals surface area contributed by atoms with Crippen molar-refractivity contribution in [2.75, 3.05) is 0 Å². The van der Waals surface area contributed by atoms with Gasteiger partial charge in [0.15, 0.2) is 0 Å². The molecule has 24 heavy (non-hydrogen) atoms. The average molecular weight is 344 g/mol. The number of fused-ring (bicyclic) bond motifs is 5. The van der Waals surface area contributed by atoms with E-state index in [1.165, 1.54) is 0 Å². The molecule has 0 radical (unpaired) electrons. The van der Waals surface area contributed by atoms with E-state index in [0.29, 0.717) is 30.1 Å². The molecule has 0 aromatic heterocycles. The molecule has 8 atom stereocenters. The van der Waals surface area contributed by atoms with Gasteiger partial charge in [0.05, 0.1) is 0 Å². The van der Waals surface area contributed by atoms with E-state index in [1.54, 1.807) is 0 Å². The molecule has 0 aliphatic heterocycles. The predicted molar refractivity (Wildman–Crippen MR) is 97.9 cm³/mol. The summed E-state index contributed by atoms with van der Waals surface area (Å²) in [6.07, 6.45) is 6.99. The number of carbonyl (C=O) groups is 2. The van der Waals surface area contributed by atoms with E-state index in [2.05, 4.69) is 47.2 Å². The van der Waals surface area contributed by atoms with Crippen molar-refractivity contribution in [2.24, 2.45) is 53.3 Å². The summed E-state index contributed by atoms with van der Waals surface area (Å²) < 4.78 is 0. The Hall–Kier alpha value is -0.710. The summed E-state index contributed by atoms with van der Waals surface area (Å²) in [7, 11) is 4.31. The van der Waals surface area contributed by atoms with Crippen molar-refractivity contribution in [1.82, 2.24) is 0 Å². The fourth-order valence-corrected chi connectivity index (χ4v) is 6.43. The van der Waals surface area contributed by atoms with Gasteiger partial charge in [-0.25, -0.2) is 0 Å². The molecule has 0 aromatic rings. The fraction of sp³-hybridized carbons (Fsp3) is 0.762. The topological polar surface area (TPSA) is 34.1 Å². The van der Waals surface area contributed by atoms with E-state index in [-0.39, 0.29) is 41.2 Å². The van der Waals surface area contributed by atoms with Gasteiger partial charge in [0.25, 0.3) is 0 Å². The third-order valence-electron chi connectivity index (χ3n) is 7.08. The minimum atomic E-state index is -0.378. The molecular weight excluding hydrogens is 315 g/mol. The molecule has 8 unspecified atom stereocenters. The number of hydrogen-bond donors (Lipinski definition) is 0. The van der Waals surface area contributed by atoms with Crippen LogP contribution in [0.1, 0.15) is 47.0 Å². The summed E-state index contributed by atoms with van der Waals surface area (Å²) in [5.74, 6) is 2.44. The van der Waals surface area contributed by atoms with Crippen LogP contribution in [0.25, 0.3) is 0 Å². The Morgan fingerprint density at radius 1 is 1.29 bits per heavy atom. The van der Waals surface area contributed by atoms with Crippen molar-refractivity contribution in [2.45, 2.75) is 47.0 Å². The summed E-state index contributed by atoms with van der Waals surface area (Å²) in [5.41, 5.74) is 3.14. The molecule has 0 saturated heterocycles. The van der Waals surface area contributed by atoms with Gasteiger partial charge in [0.1, 0.15) is 0 Å². The van der Waals surface area contributed by atoms with E-state index in [9.17, 15) is 9.59 Å². The Balaban J connectivity index is 1.99. The van der Waals surface area contributed by atoms with Crippen LogP contribution in [-0.4, -0.2) is 11.6 Å². The normalized spacial score (nSPS) is 41.3. The Bertz CT molecular complexity index is 599. The third-order valence-corrected chi connectivity index (χ3v) is 7.38. The molecule has 0 heterocycles. The van der Waals surface area contributed by atoms with Crippen molar-refractivity contribution in [3.8, 4) is 5.63 Å². The number of Topliss-reactive ketones (excluding diaryl/α,β-unsaturated/α-hetero) is 2. The monoisotopic (exact) mass is 344 g/mol. The minimum absolute atomic E-state index is 0.0195. The standard InChI is InChI=1S/C21H29O2P/c1-5-12(11(3)4)15-9-16-13-7-8-14(17(13)10-24)19(16)21(23)20(15)18(22)6-2/h7-8,11-17,19-20H,5-6,9H2,1-4H3. The summed E-state index contributed by atoms with van der Waals surface area (Å²) in [6.45, 7) is 8.56. The van der Waals surface area contributed by atoms with Crippen LogP contribution in [-0.2, 0) is 9.59 Å². The molecule has 3 rings (SSSR count). The second-order valence-corrected chi connectivity index (χ2v) is 8.56. The van der Waals surface area contributed by atoms with E-state index in [0.717, 1.165) is 12.8 Å². The zero-order valence-corrected chi connectivity index (χ0v) is 16.1. The van der Waals surface area contributed by atoms with Gasteiger partial charge >= 0.3 is 148 Å². The molecule has 3 heteroatoms. The fourth-order valence-electron chi connectivity index (χ4n) is 6.08. The summed E-state index contributed by atoms with van der Waals surface area (Å²) in [5, 5.41) is 0. The van der Waals surface area contributed by atoms with Crippen molar-refractivity contribution < 1.29 is 9.59 Å². The van der Waals surface area contributed by atoms with Crippen molar-refractivity contribution in [3.63, 3.8) is 0 Å². The molecule has 2 fully saturated rings. The summed E-state index contributed by atoms with van der Waals surface area (Å²) >= 11 is 0. The van der Waals surface area contributed by atoms with E-state index >= 15 is 0 Å². The number of allylic oxidation sites excluding steroid dienone is 2.